The highest BCUT2D eigenvalue weighted by Gasteiger charge is 2.14. The predicted molar refractivity (Wildman–Crippen MR) is 112 cm³/mol. The highest BCUT2D eigenvalue weighted by molar-refractivity contribution is 9.11. The summed E-state index contributed by atoms with van der Waals surface area (Å²) in [7, 11) is 0. The first-order chi connectivity index (χ1) is 12.9. The molecule has 2 N–H and O–H groups in total. The summed E-state index contributed by atoms with van der Waals surface area (Å²) in [6, 6.07) is 9.31. The Kier molecular flexibility index (Phi) is 6.11. The number of H-pyrrole nitrogens is 1. The maximum absolute atomic E-state index is 10.7. The number of aromatic nitrogens is 1. The lowest BCUT2D eigenvalue weighted by atomic mass is 9.98. The number of nitrogens with one attached hydrogen (secondary N) is 1. The Morgan fingerprint density at radius 1 is 1.19 bits per heavy atom. The Bertz CT molecular complexity index is 960. The Balaban J connectivity index is 1.89. The molecule has 0 saturated heterocycles. The van der Waals surface area contributed by atoms with Gasteiger partial charge in [-0.1, -0.05) is 13.8 Å². The third-order valence-corrected chi connectivity index (χ3v) is 5.56. The number of hydrogen-bond acceptors (Lipinski definition) is 3. The van der Waals surface area contributed by atoms with Gasteiger partial charge in [0.1, 0.15) is 11.5 Å². The molecule has 1 unspecified atom stereocenters. The second-order valence-electron chi connectivity index (χ2n) is 6.26. The lowest BCUT2D eigenvalue weighted by Gasteiger charge is -2.13. The van der Waals surface area contributed by atoms with Crippen LogP contribution in [-0.4, -0.2) is 22.7 Å². The van der Waals surface area contributed by atoms with Crippen LogP contribution in [0.5, 0.6) is 17.2 Å². The zero-order valence-corrected chi connectivity index (χ0v) is 18.1. The summed E-state index contributed by atoms with van der Waals surface area (Å²) >= 11 is 6.93. The molecule has 5 nitrogen and oxygen atoms in total. The number of aliphatic carboxylic acids is 1. The van der Waals surface area contributed by atoms with Crippen molar-refractivity contribution in [2.24, 2.45) is 0 Å². The van der Waals surface area contributed by atoms with Crippen LogP contribution >= 0.6 is 31.9 Å². The van der Waals surface area contributed by atoms with Crippen molar-refractivity contribution in [1.29, 1.82) is 0 Å². The monoisotopic (exact) mass is 495 g/mol. The highest BCUT2D eigenvalue weighted by atomic mass is 79.9. The van der Waals surface area contributed by atoms with E-state index in [1.807, 2.05) is 18.2 Å². The average molecular weight is 497 g/mol. The number of carboxylic acid groups (broad SMARTS) is 1. The van der Waals surface area contributed by atoms with Gasteiger partial charge in [0.15, 0.2) is 12.4 Å². The molecule has 1 heterocycles. The van der Waals surface area contributed by atoms with Gasteiger partial charge in [-0.05, 0) is 80.1 Å². The molecule has 0 spiro atoms. The zero-order valence-electron chi connectivity index (χ0n) is 14.9. The molecule has 0 amide bonds. The normalized spacial score (nSPS) is 12.1. The molecule has 0 saturated carbocycles. The van der Waals surface area contributed by atoms with Crippen molar-refractivity contribution in [3.63, 3.8) is 0 Å². The van der Waals surface area contributed by atoms with E-state index >= 15 is 0 Å². The van der Waals surface area contributed by atoms with Gasteiger partial charge in [-0.2, -0.15) is 0 Å². The molecule has 0 fully saturated rings. The van der Waals surface area contributed by atoms with Crippen molar-refractivity contribution in [1.82, 2.24) is 4.98 Å². The van der Waals surface area contributed by atoms with Gasteiger partial charge in [-0.3, -0.25) is 0 Å². The number of benzene rings is 2. The van der Waals surface area contributed by atoms with E-state index in [1.54, 1.807) is 12.1 Å². The first-order valence-corrected chi connectivity index (χ1v) is 10.1. The zero-order chi connectivity index (χ0) is 19.6. The van der Waals surface area contributed by atoms with Crippen LogP contribution in [-0.2, 0) is 4.79 Å². The van der Waals surface area contributed by atoms with E-state index in [1.165, 1.54) is 5.56 Å². The smallest absolute Gasteiger partial charge is 0.341 e. The summed E-state index contributed by atoms with van der Waals surface area (Å²) in [5.41, 5.74) is 2.35. The van der Waals surface area contributed by atoms with Crippen LogP contribution in [0, 0.1) is 0 Å². The number of carbonyl (C=O) groups is 1. The second-order valence-corrected chi connectivity index (χ2v) is 7.97. The number of hydrogen-bond donors (Lipinski definition) is 2. The molecule has 0 bridgehead atoms. The molecule has 0 radical (unpaired) electrons. The van der Waals surface area contributed by atoms with E-state index < -0.39 is 12.6 Å². The molecule has 1 aromatic heterocycles. The van der Waals surface area contributed by atoms with E-state index in [-0.39, 0.29) is 0 Å². The van der Waals surface area contributed by atoms with Gasteiger partial charge in [0.2, 0.25) is 0 Å². The third kappa shape index (κ3) is 4.47. The Labute approximate surface area is 173 Å². The molecule has 1 atom stereocenters. The van der Waals surface area contributed by atoms with Gasteiger partial charge in [0.05, 0.1) is 8.95 Å². The first-order valence-electron chi connectivity index (χ1n) is 8.51. The van der Waals surface area contributed by atoms with Crippen molar-refractivity contribution in [2.45, 2.75) is 26.2 Å². The molecule has 2 aromatic carbocycles. The largest absolute Gasteiger partial charge is 0.482 e. The van der Waals surface area contributed by atoms with Gasteiger partial charge < -0.3 is 19.6 Å². The lowest BCUT2D eigenvalue weighted by molar-refractivity contribution is -0.139. The van der Waals surface area contributed by atoms with E-state index in [9.17, 15) is 4.79 Å². The lowest BCUT2D eigenvalue weighted by Crippen LogP contribution is -2.09. The summed E-state index contributed by atoms with van der Waals surface area (Å²) in [6.07, 6.45) is 3.12. The molecule has 7 heteroatoms. The summed E-state index contributed by atoms with van der Waals surface area (Å²) < 4.78 is 12.6. The molecule has 3 aromatic rings. The molecular weight excluding hydrogens is 478 g/mol. The van der Waals surface area contributed by atoms with Gasteiger partial charge in [0.25, 0.3) is 0 Å². The number of halogens is 2. The Morgan fingerprint density at radius 3 is 2.52 bits per heavy atom. The third-order valence-electron chi connectivity index (χ3n) is 4.38. The SMILES string of the molecule is CCC(C)c1c[nH]c2ccc(Oc3c(Br)cc(OCC(=O)O)cc3Br)cc12. The number of rotatable bonds is 7. The molecule has 0 aliphatic rings. The van der Waals surface area contributed by atoms with Gasteiger partial charge in [-0.15, -0.1) is 0 Å². The van der Waals surface area contributed by atoms with E-state index in [2.05, 4.69) is 56.9 Å². The Hall–Kier alpha value is -1.99. The minimum atomic E-state index is -1.03. The average Bonchev–Trinajstić information content (AvgIpc) is 3.05. The molecular formula is C20H19Br2NO4. The van der Waals surface area contributed by atoms with Crippen molar-refractivity contribution in [3.05, 3.63) is 51.0 Å². The van der Waals surface area contributed by atoms with Crippen molar-refractivity contribution in [3.8, 4) is 17.2 Å². The molecule has 3 rings (SSSR count). The van der Waals surface area contributed by atoms with Crippen LogP contribution in [0.25, 0.3) is 10.9 Å². The van der Waals surface area contributed by atoms with Crippen molar-refractivity contribution >= 4 is 48.7 Å². The summed E-state index contributed by atoms with van der Waals surface area (Å²) in [4.78, 5) is 14.0. The predicted octanol–water partition coefficient (Wildman–Crippen LogP) is 6.46. The minimum absolute atomic E-state index is 0.401. The number of ether oxygens (including phenoxy) is 2. The van der Waals surface area contributed by atoms with Gasteiger partial charge >= 0.3 is 5.97 Å². The number of fused-ring (bicyclic) bond motifs is 1. The van der Waals surface area contributed by atoms with Crippen molar-refractivity contribution in [2.75, 3.05) is 6.61 Å². The van der Waals surface area contributed by atoms with E-state index in [0.29, 0.717) is 32.1 Å². The number of carboxylic acids is 1. The first kappa shape index (κ1) is 19.8. The minimum Gasteiger partial charge on any atom is -0.482 e. The highest BCUT2D eigenvalue weighted by Crippen LogP contribution is 2.41. The quantitative estimate of drug-likeness (QED) is 0.393. The molecule has 142 valence electrons. The second kappa shape index (κ2) is 8.35. The fraction of sp³-hybridized carbons (Fsp3) is 0.250. The van der Waals surface area contributed by atoms with Crippen LogP contribution in [0.2, 0.25) is 0 Å². The fourth-order valence-corrected chi connectivity index (χ4v) is 4.10. The molecule has 27 heavy (non-hydrogen) atoms. The van der Waals surface area contributed by atoms with Crippen LogP contribution < -0.4 is 9.47 Å². The summed E-state index contributed by atoms with van der Waals surface area (Å²) in [6.45, 7) is 3.98. The van der Waals surface area contributed by atoms with Crippen molar-refractivity contribution < 1.29 is 19.4 Å². The van der Waals surface area contributed by atoms with E-state index in [0.717, 1.165) is 17.3 Å². The standard InChI is InChI=1S/C20H19Br2NO4/c1-3-11(2)15-9-23-18-5-4-12(6-14(15)18)27-20-16(21)7-13(8-17(20)22)26-10-19(24)25/h4-9,11,23H,3,10H2,1-2H3,(H,24,25). The van der Waals surface area contributed by atoms with Gasteiger partial charge in [-0.25, -0.2) is 4.79 Å². The summed E-state index contributed by atoms with van der Waals surface area (Å²) in [5.74, 6) is 1.17. The maximum atomic E-state index is 10.7. The van der Waals surface area contributed by atoms with Crippen LogP contribution in [0.3, 0.4) is 0 Å². The van der Waals surface area contributed by atoms with Gasteiger partial charge in [0, 0.05) is 17.1 Å². The topological polar surface area (TPSA) is 71.5 Å². The van der Waals surface area contributed by atoms with Crippen LogP contribution in [0.1, 0.15) is 31.7 Å². The Morgan fingerprint density at radius 2 is 1.89 bits per heavy atom. The van der Waals surface area contributed by atoms with Crippen LogP contribution in [0.15, 0.2) is 45.5 Å². The summed E-state index contributed by atoms with van der Waals surface area (Å²) in [5, 5.41) is 9.88. The molecule has 0 aliphatic heterocycles. The maximum Gasteiger partial charge on any atom is 0.341 e. The molecule has 0 aliphatic carbocycles. The fourth-order valence-electron chi connectivity index (χ4n) is 2.79. The van der Waals surface area contributed by atoms with E-state index in [4.69, 9.17) is 14.6 Å². The number of aromatic amines is 1. The van der Waals surface area contributed by atoms with Crippen LogP contribution in [0.4, 0.5) is 0 Å².